The van der Waals surface area contributed by atoms with Gasteiger partial charge in [-0.05, 0) is 24.1 Å². The lowest BCUT2D eigenvalue weighted by molar-refractivity contribution is -0.131. The normalized spacial score (nSPS) is 14.2. The van der Waals surface area contributed by atoms with E-state index in [2.05, 4.69) is 11.8 Å². The van der Waals surface area contributed by atoms with Crippen LogP contribution in [0.5, 0.6) is 0 Å². The van der Waals surface area contributed by atoms with E-state index in [9.17, 15) is 9.59 Å². The number of amides is 1. The van der Waals surface area contributed by atoms with Crippen LogP contribution in [0.15, 0.2) is 48.5 Å². The van der Waals surface area contributed by atoms with E-state index >= 15 is 0 Å². The Hall–Kier alpha value is -2.33. The molecular weight excluding hydrogens is 372 g/mol. The molecule has 0 spiro atoms. The highest BCUT2D eigenvalue weighted by Crippen LogP contribution is 2.26. The summed E-state index contributed by atoms with van der Waals surface area (Å²) in [5.74, 6) is 0.0841. The fourth-order valence-electron chi connectivity index (χ4n) is 3.57. The van der Waals surface area contributed by atoms with Crippen LogP contribution >= 0.6 is 11.6 Å². The summed E-state index contributed by atoms with van der Waals surface area (Å²) in [6.45, 7) is 4.96. The number of nitrogens with zero attached hydrogens (tertiary/aromatic N) is 2. The highest BCUT2D eigenvalue weighted by molar-refractivity contribution is 6.33. The van der Waals surface area contributed by atoms with Gasteiger partial charge in [0.1, 0.15) is 0 Å². The summed E-state index contributed by atoms with van der Waals surface area (Å²) in [6, 6.07) is 15.5. The Morgan fingerprint density at radius 3 is 2.25 bits per heavy atom. The number of hydrogen-bond donors (Lipinski definition) is 0. The van der Waals surface area contributed by atoms with Gasteiger partial charge < -0.3 is 9.80 Å². The van der Waals surface area contributed by atoms with E-state index in [1.165, 1.54) is 5.56 Å². The lowest BCUT2D eigenvalue weighted by Crippen LogP contribution is -2.48. The predicted molar refractivity (Wildman–Crippen MR) is 114 cm³/mol. The summed E-state index contributed by atoms with van der Waals surface area (Å²) < 4.78 is 0. The average Bonchev–Trinajstić information content (AvgIpc) is 2.73. The van der Waals surface area contributed by atoms with Crippen molar-refractivity contribution in [1.82, 2.24) is 4.90 Å². The molecule has 0 radical (unpaired) electrons. The maximum atomic E-state index is 12.5. The van der Waals surface area contributed by atoms with Crippen molar-refractivity contribution in [2.75, 3.05) is 31.1 Å². The Bertz CT molecular complexity index is 812. The summed E-state index contributed by atoms with van der Waals surface area (Å²) in [6.07, 6.45) is 2.64. The Morgan fingerprint density at radius 2 is 1.61 bits per heavy atom. The Morgan fingerprint density at radius 1 is 0.929 bits per heavy atom. The molecule has 1 aliphatic rings. The van der Waals surface area contributed by atoms with Crippen molar-refractivity contribution in [2.45, 2.75) is 32.6 Å². The molecule has 1 fully saturated rings. The third-order valence-electron chi connectivity index (χ3n) is 5.21. The van der Waals surface area contributed by atoms with E-state index in [1.54, 1.807) is 0 Å². The van der Waals surface area contributed by atoms with Gasteiger partial charge in [-0.2, -0.15) is 0 Å². The summed E-state index contributed by atoms with van der Waals surface area (Å²) in [5, 5.41) is 0.734. The molecule has 5 heteroatoms. The molecular formula is C23H27ClN2O2. The predicted octanol–water partition coefficient (Wildman–Crippen LogP) is 4.60. The molecule has 1 heterocycles. The standard InChI is InChI=1S/C23H27ClN2O2/c1-2-5-18-8-10-19(11-9-18)22(27)12-13-23(28)26-16-14-25(15-17-26)21-7-4-3-6-20(21)24/h3-4,6-11H,2,5,12-17H2,1H3. The molecule has 0 bridgehead atoms. The molecule has 0 unspecified atom stereocenters. The first-order valence-electron chi connectivity index (χ1n) is 9.98. The Labute approximate surface area is 172 Å². The molecule has 0 saturated carbocycles. The number of aryl methyl sites for hydroxylation is 1. The summed E-state index contributed by atoms with van der Waals surface area (Å²) in [4.78, 5) is 29.0. The summed E-state index contributed by atoms with van der Waals surface area (Å²) in [7, 11) is 0. The van der Waals surface area contributed by atoms with Crippen LogP contribution < -0.4 is 4.90 Å². The quantitative estimate of drug-likeness (QED) is 0.640. The maximum absolute atomic E-state index is 12.5. The molecule has 0 aromatic heterocycles. The molecule has 2 aromatic carbocycles. The lowest BCUT2D eigenvalue weighted by Gasteiger charge is -2.36. The van der Waals surface area contributed by atoms with Gasteiger partial charge in [-0.3, -0.25) is 9.59 Å². The number of rotatable bonds is 7. The maximum Gasteiger partial charge on any atom is 0.223 e. The number of para-hydroxylation sites is 1. The van der Waals surface area contributed by atoms with Crippen molar-refractivity contribution in [2.24, 2.45) is 0 Å². The first-order chi connectivity index (χ1) is 13.6. The lowest BCUT2D eigenvalue weighted by atomic mass is 10.0. The second-order valence-corrected chi connectivity index (χ2v) is 7.60. The minimum atomic E-state index is 0.0334. The van der Waals surface area contributed by atoms with Crippen LogP contribution in [-0.4, -0.2) is 42.8 Å². The van der Waals surface area contributed by atoms with E-state index < -0.39 is 0 Å². The van der Waals surface area contributed by atoms with Gasteiger partial charge in [0.05, 0.1) is 10.7 Å². The fraction of sp³-hybridized carbons (Fsp3) is 0.391. The van der Waals surface area contributed by atoms with Gasteiger partial charge in [0.15, 0.2) is 5.78 Å². The van der Waals surface area contributed by atoms with E-state index in [4.69, 9.17) is 11.6 Å². The number of anilines is 1. The van der Waals surface area contributed by atoms with Crippen molar-refractivity contribution in [3.8, 4) is 0 Å². The van der Waals surface area contributed by atoms with E-state index in [0.29, 0.717) is 18.7 Å². The molecule has 2 aromatic rings. The van der Waals surface area contributed by atoms with Crippen molar-refractivity contribution in [3.05, 3.63) is 64.7 Å². The molecule has 0 N–H and O–H groups in total. The number of ketones is 1. The highest BCUT2D eigenvalue weighted by Gasteiger charge is 2.22. The van der Waals surface area contributed by atoms with Crippen LogP contribution in [0.2, 0.25) is 5.02 Å². The zero-order chi connectivity index (χ0) is 19.9. The zero-order valence-electron chi connectivity index (χ0n) is 16.4. The largest absolute Gasteiger partial charge is 0.367 e. The first-order valence-corrected chi connectivity index (χ1v) is 10.4. The van der Waals surface area contributed by atoms with E-state index in [1.807, 2.05) is 53.4 Å². The summed E-state index contributed by atoms with van der Waals surface area (Å²) in [5.41, 5.74) is 2.95. The van der Waals surface area contributed by atoms with Gasteiger partial charge in [-0.25, -0.2) is 0 Å². The number of benzene rings is 2. The fourth-order valence-corrected chi connectivity index (χ4v) is 3.83. The van der Waals surface area contributed by atoms with E-state index in [-0.39, 0.29) is 24.5 Å². The first kappa shape index (κ1) is 20.4. The monoisotopic (exact) mass is 398 g/mol. The van der Waals surface area contributed by atoms with Crippen LogP contribution in [0.1, 0.15) is 42.1 Å². The number of piperazine rings is 1. The second-order valence-electron chi connectivity index (χ2n) is 7.19. The summed E-state index contributed by atoms with van der Waals surface area (Å²) >= 11 is 6.27. The van der Waals surface area contributed by atoms with Crippen molar-refractivity contribution >= 4 is 29.0 Å². The molecule has 148 valence electrons. The minimum Gasteiger partial charge on any atom is -0.367 e. The minimum absolute atomic E-state index is 0.0334. The SMILES string of the molecule is CCCc1ccc(C(=O)CCC(=O)N2CCN(c3ccccc3Cl)CC2)cc1. The van der Waals surface area contributed by atoms with Crippen LogP contribution in [0.3, 0.4) is 0 Å². The third-order valence-corrected chi connectivity index (χ3v) is 5.53. The van der Waals surface area contributed by atoms with Crippen LogP contribution in [0.4, 0.5) is 5.69 Å². The van der Waals surface area contributed by atoms with Gasteiger partial charge in [-0.15, -0.1) is 0 Å². The number of Topliss-reactive ketones (excluding diaryl/α,β-unsaturated/α-hetero) is 1. The van der Waals surface area contributed by atoms with Crippen molar-refractivity contribution in [1.29, 1.82) is 0 Å². The van der Waals surface area contributed by atoms with Gasteiger partial charge in [-0.1, -0.05) is 61.3 Å². The molecule has 0 aliphatic carbocycles. The highest BCUT2D eigenvalue weighted by atomic mass is 35.5. The van der Waals surface area contributed by atoms with Gasteiger partial charge in [0.25, 0.3) is 0 Å². The Balaban J connectivity index is 1.46. The Kier molecular flexibility index (Phi) is 7.10. The van der Waals surface area contributed by atoms with Crippen molar-refractivity contribution < 1.29 is 9.59 Å². The second kappa shape index (κ2) is 9.74. The van der Waals surface area contributed by atoms with Crippen LogP contribution in [0.25, 0.3) is 0 Å². The van der Waals surface area contributed by atoms with E-state index in [0.717, 1.165) is 36.6 Å². The smallest absolute Gasteiger partial charge is 0.223 e. The topological polar surface area (TPSA) is 40.6 Å². The third kappa shape index (κ3) is 5.14. The van der Waals surface area contributed by atoms with Crippen LogP contribution in [0, 0.1) is 0 Å². The number of halogens is 1. The zero-order valence-corrected chi connectivity index (χ0v) is 17.1. The molecule has 1 amide bonds. The molecule has 1 saturated heterocycles. The molecule has 28 heavy (non-hydrogen) atoms. The number of carbonyl (C=O) groups excluding carboxylic acids is 2. The molecule has 0 atom stereocenters. The van der Waals surface area contributed by atoms with Crippen LogP contribution in [-0.2, 0) is 11.2 Å². The van der Waals surface area contributed by atoms with Gasteiger partial charge in [0, 0.05) is 44.6 Å². The molecule has 4 nitrogen and oxygen atoms in total. The van der Waals surface area contributed by atoms with Crippen molar-refractivity contribution in [3.63, 3.8) is 0 Å². The number of hydrogen-bond acceptors (Lipinski definition) is 3. The molecule has 3 rings (SSSR count). The van der Waals surface area contributed by atoms with Gasteiger partial charge in [0.2, 0.25) is 5.91 Å². The number of carbonyl (C=O) groups is 2. The average molecular weight is 399 g/mol. The van der Waals surface area contributed by atoms with Gasteiger partial charge >= 0.3 is 0 Å². The molecule has 1 aliphatic heterocycles.